The summed E-state index contributed by atoms with van der Waals surface area (Å²) in [4.78, 5) is 28.7. The van der Waals surface area contributed by atoms with E-state index >= 15 is 0 Å². The maximum atomic E-state index is 12.6. The van der Waals surface area contributed by atoms with Gasteiger partial charge in [-0.2, -0.15) is 5.10 Å². The van der Waals surface area contributed by atoms with Crippen molar-refractivity contribution in [3.05, 3.63) is 52.8 Å². The first-order chi connectivity index (χ1) is 14.8. The summed E-state index contributed by atoms with van der Waals surface area (Å²) in [7, 11) is 0. The molecule has 0 unspecified atom stereocenters. The van der Waals surface area contributed by atoms with Crippen molar-refractivity contribution >= 4 is 35.2 Å². The molecule has 2 amide bonds. The number of aromatic nitrogens is 2. The number of halogens is 1. The van der Waals surface area contributed by atoms with E-state index in [2.05, 4.69) is 29.2 Å². The number of nitrogens with zero attached hydrogens (tertiary/aromatic N) is 4. The van der Waals surface area contributed by atoms with Crippen molar-refractivity contribution in [3.63, 3.8) is 0 Å². The van der Waals surface area contributed by atoms with Gasteiger partial charge in [0.15, 0.2) is 0 Å². The van der Waals surface area contributed by atoms with Gasteiger partial charge in [0.1, 0.15) is 5.15 Å². The molecule has 1 N–H and O–H groups in total. The van der Waals surface area contributed by atoms with Gasteiger partial charge in [-0.3, -0.25) is 19.2 Å². The molecule has 0 spiro atoms. The normalized spacial score (nSPS) is 15.1. The van der Waals surface area contributed by atoms with Gasteiger partial charge in [-0.1, -0.05) is 43.6 Å². The molecule has 8 heteroatoms. The van der Waals surface area contributed by atoms with Crippen molar-refractivity contribution in [2.24, 2.45) is 5.92 Å². The minimum absolute atomic E-state index is 0.0469. The van der Waals surface area contributed by atoms with E-state index in [9.17, 15) is 9.59 Å². The van der Waals surface area contributed by atoms with Crippen LogP contribution < -0.4 is 5.32 Å². The van der Waals surface area contributed by atoms with Crippen LogP contribution in [-0.2, 0) is 16.1 Å². The minimum atomic E-state index is -0.0551. The summed E-state index contributed by atoms with van der Waals surface area (Å²) in [6, 6.07) is 9.41. The molecule has 1 aromatic heterocycles. The molecule has 0 saturated carbocycles. The summed E-state index contributed by atoms with van der Waals surface area (Å²) in [6.07, 6.45) is 3.32. The van der Waals surface area contributed by atoms with Crippen molar-refractivity contribution in [3.8, 4) is 0 Å². The van der Waals surface area contributed by atoms with Gasteiger partial charge >= 0.3 is 0 Å². The van der Waals surface area contributed by atoms with Gasteiger partial charge < -0.3 is 10.2 Å². The molecule has 2 aromatic rings. The summed E-state index contributed by atoms with van der Waals surface area (Å²) < 4.78 is 1.78. The van der Waals surface area contributed by atoms with Gasteiger partial charge in [0.25, 0.3) is 0 Å². The number of amides is 2. The van der Waals surface area contributed by atoms with Gasteiger partial charge in [0, 0.05) is 50.1 Å². The Morgan fingerprint density at radius 1 is 1.16 bits per heavy atom. The van der Waals surface area contributed by atoms with Crippen LogP contribution in [0.5, 0.6) is 0 Å². The monoisotopic (exact) mass is 443 g/mol. The number of piperazine rings is 1. The number of carbonyl (C=O) groups is 2. The van der Waals surface area contributed by atoms with Crippen molar-refractivity contribution in [2.45, 2.75) is 27.3 Å². The quantitative estimate of drug-likeness (QED) is 0.666. The molecule has 0 radical (unpaired) electrons. The van der Waals surface area contributed by atoms with Crippen LogP contribution in [0, 0.1) is 12.8 Å². The first kappa shape index (κ1) is 23.0. The predicted molar refractivity (Wildman–Crippen MR) is 124 cm³/mol. The van der Waals surface area contributed by atoms with Crippen LogP contribution in [0.3, 0.4) is 0 Å². The average Bonchev–Trinajstić information content (AvgIpc) is 2.99. The number of hydrogen-bond acceptors (Lipinski definition) is 4. The van der Waals surface area contributed by atoms with E-state index in [4.69, 9.17) is 11.6 Å². The molecular weight excluding hydrogens is 414 g/mol. The number of nitrogens with one attached hydrogen (secondary N) is 1. The number of rotatable bonds is 7. The Morgan fingerprint density at radius 3 is 2.48 bits per heavy atom. The summed E-state index contributed by atoms with van der Waals surface area (Å²) in [5, 5.41) is 7.93. The molecule has 0 atom stereocenters. The van der Waals surface area contributed by atoms with Crippen LogP contribution >= 0.6 is 11.6 Å². The zero-order valence-electron chi connectivity index (χ0n) is 18.3. The van der Waals surface area contributed by atoms with E-state index < -0.39 is 0 Å². The fourth-order valence-electron chi connectivity index (χ4n) is 3.53. The van der Waals surface area contributed by atoms with Crippen LogP contribution in [0.4, 0.5) is 5.69 Å². The second kappa shape index (κ2) is 10.6. The third-order valence-corrected chi connectivity index (χ3v) is 5.55. The number of benzene rings is 1. The zero-order valence-corrected chi connectivity index (χ0v) is 19.1. The van der Waals surface area contributed by atoms with Crippen LogP contribution in [-0.4, -0.2) is 64.1 Å². The summed E-state index contributed by atoms with van der Waals surface area (Å²) >= 11 is 6.45. The highest BCUT2D eigenvalue weighted by molar-refractivity contribution is 6.31. The average molecular weight is 444 g/mol. The highest BCUT2D eigenvalue weighted by Gasteiger charge is 2.21. The molecular formula is C23H30ClN5O2. The van der Waals surface area contributed by atoms with Crippen LogP contribution in [0.1, 0.15) is 25.1 Å². The molecule has 1 fully saturated rings. The fourth-order valence-corrected chi connectivity index (χ4v) is 3.84. The third kappa shape index (κ3) is 6.42. The predicted octanol–water partition coefficient (Wildman–Crippen LogP) is 3.30. The van der Waals surface area contributed by atoms with Gasteiger partial charge in [0.05, 0.1) is 12.2 Å². The lowest BCUT2D eigenvalue weighted by Gasteiger charge is -2.33. The lowest BCUT2D eigenvalue weighted by molar-refractivity contribution is -0.127. The molecule has 7 nitrogen and oxygen atoms in total. The number of aryl methyl sites for hydroxylation is 1. The Balaban J connectivity index is 1.49. The van der Waals surface area contributed by atoms with E-state index in [1.165, 1.54) is 0 Å². The molecule has 3 rings (SSSR count). The van der Waals surface area contributed by atoms with E-state index in [1.54, 1.807) is 21.7 Å². The minimum Gasteiger partial charge on any atom is -0.337 e. The Morgan fingerprint density at radius 2 is 1.84 bits per heavy atom. The maximum Gasteiger partial charge on any atom is 0.246 e. The van der Waals surface area contributed by atoms with Crippen LogP contribution in [0.2, 0.25) is 5.15 Å². The fraction of sp³-hybridized carbons (Fsp3) is 0.435. The number of anilines is 1. The van der Waals surface area contributed by atoms with Gasteiger partial charge in [-0.25, -0.2) is 0 Å². The first-order valence-corrected chi connectivity index (χ1v) is 11.0. The number of carbonyl (C=O) groups excluding carboxylic acids is 2. The molecule has 0 aliphatic carbocycles. The Hall–Kier alpha value is -2.64. The molecule has 2 heterocycles. The Kier molecular flexibility index (Phi) is 7.87. The number of para-hydroxylation sites is 1. The lowest BCUT2D eigenvalue weighted by atomic mass is 10.2. The lowest BCUT2D eigenvalue weighted by Crippen LogP contribution is -2.50. The van der Waals surface area contributed by atoms with Crippen LogP contribution in [0.25, 0.3) is 6.08 Å². The highest BCUT2D eigenvalue weighted by Crippen LogP contribution is 2.22. The van der Waals surface area contributed by atoms with E-state index in [-0.39, 0.29) is 11.8 Å². The van der Waals surface area contributed by atoms with E-state index in [1.807, 2.05) is 37.3 Å². The van der Waals surface area contributed by atoms with E-state index in [0.29, 0.717) is 43.8 Å². The van der Waals surface area contributed by atoms with Crippen molar-refractivity contribution in [1.29, 1.82) is 0 Å². The Bertz CT molecular complexity index is 931. The molecule has 0 bridgehead atoms. The largest absolute Gasteiger partial charge is 0.337 e. The van der Waals surface area contributed by atoms with Crippen molar-refractivity contribution < 1.29 is 9.59 Å². The van der Waals surface area contributed by atoms with Crippen LogP contribution in [0.15, 0.2) is 36.4 Å². The zero-order chi connectivity index (χ0) is 22.4. The summed E-state index contributed by atoms with van der Waals surface area (Å²) in [5.74, 6) is 0.330. The molecule has 1 aromatic carbocycles. The van der Waals surface area contributed by atoms with Gasteiger partial charge in [-0.15, -0.1) is 0 Å². The molecule has 1 aliphatic heterocycles. The Labute approximate surface area is 188 Å². The molecule has 166 valence electrons. The molecule has 1 saturated heterocycles. The highest BCUT2D eigenvalue weighted by atomic mass is 35.5. The second-order valence-electron chi connectivity index (χ2n) is 8.21. The van der Waals surface area contributed by atoms with Crippen molar-refractivity contribution in [2.75, 3.05) is 38.0 Å². The standard InChI is InChI=1S/C23H30ClN5O2/c1-17(2)15-29-23(24)20(18(3)26-29)9-10-22(31)28-13-11-27(12-14-28)16-21(30)25-19-7-5-4-6-8-19/h4-10,17H,11-16H2,1-3H3,(H,25,30)/b10-9+. The van der Waals surface area contributed by atoms with Gasteiger partial charge in [-0.05, 0) is 31.1 Å². The maximum absolute atomic E-state index is 12.6. The molecule has 1 aliphatic rings. The number of hydrogen-bond donors (Lipinski definition) is 1. The topological polar surface area (TPSA) is 70.5 Å². The third-order valence-electron chi connectivity index (χ3n) is 5.15. The molecule has 31 heavy (non-hydrogen) atoms. The van der Waals surface area contributed by atoms with E-state index in [0.717, 1.165) is 23.5 Å². The summed E-state index contributed by atoms with van der Waals surface area (Å²) in [6.45, 7) is 9.66. The smallest absolute Gasteiger partial charge is 0.246 e. The first-order valence-electron chi connectivity index (χ1n) is 10.6. The second-order valence-corrected chi connectivity index (χ2v) is 8.57. The van der Waals surface area contributed by atoms with Gasteiger partial charge in [0.2, 0.25) is 11.8 Å². The summed E-state index contributed by atoms with van der Waals surface area (Å²) in [5.41, 5.74) is 2.38. The SMILES string of the molecule is Cc1nn(CC(C)C)c(Cl)c1/C=C/C(=O)N1CCN(CC(=O)Nc2ccccc2)CC1. The van der Waals surface area contributed by atoms with Crippen molar-refractivity contribution in [1.82, 2.24) is 19.6 Å².